The molecule has 138 valence electrons. The number of hydrogen-bond donors (Lipinski definition) is 1. The lowest BCUT2D eigenvalue weighted by Crippen LogP contribution is -2.51. The van der Waals surface area contributed by atoms with Crippen molar-refractivity contribution < 1.29 is 4.74 Å². The maximum absolute atomic E-state index is 5.69. The van der Waals surface area contributed by atoms with Gasteiger partial charge in [-0.3, -0.25) is 0 Å². The molecule has 0 aliphatic carbocycles. The summed E-state index contributed by atoms with van der Waals surface area (Å²) in [5.74, 6) is 0.938. The maximum Gasteiger partial charge on any atom is 0.173 e. The minimum atomic E-state index is 0.587. The van der Waals surface area contributed by atoms with Crippen LogP contribution in [0.3, 0.4) is 0 Å². The second kappa shape index (κ2) is 7.84. The van der Waals surface area contributed by atoms with Gasteiger partial charge in [-0.25, -0.2) is 0 Å². The van der Waals surface area contributed by atoms with E-state index in [1.165, 1.54) is 5.69 Å². The normalized spacial score (nSPS) is 17.4. The number of fused-ring (bicyclic) bond motifs is 1. The highest BCUT2D eigenvalue weighted by molar-refractivity contribution is 7.80. The predicted octanol–water partition coefficient (Wildman–Crippen LogP) is 3.76. The second-order valence-electron chi connectivity index (χ2n) is 6.67. The Bertz CT molecular complexity index is 867. The fourth-order valence-electron chi connectivity index (χ4n) is 3.44. The van der Waals surface area contributed by atoms with E-state index >= 15 is 0 Å². The molecule has 2 aliphatic heterocycles. The Morgan fingerprint density at radius 2 is 1.78 bits per heavy atom. The fraction of sp³-hybridized carbons (Fsp3) is 0.227. The lowest BCUT2D eigenvalue weighted by Gasteiger charge is -2.37. The smallest absolute Gasteiger partial charge is 0.173 e. The fourth-order valence-corrected chi connectivity index (χ4v) is 3.68. The minimum absolute atomic E-state index is 0.587. The van der Waals surface area contributed by atoms with E-state index in [9.17, 15) is 0 Å². The van der Waals surface area contributed by atoms with Gasteiger partial charge in [0.15, 0.2) is 5.11 Å². The maximum atomic E-state index is 5.69. The summed E-state index contributed by atoms with van der Waals surface area (Å²) in [6, 6.07) is 16.6. The third-order valence-corrected chi connectivity index (χ3v) is 5.42. The number of rotatable bonds is 3. The number of nitrogens with zero attached hydrogens (tertiary/aromatic N) is 2. The summed E-state index contributed by atoms with van der Waals surface area (Å²) in [7, 11) is 0. The molecule has 0 bridgehead atoms. The van der Waals surface area contributed by atoms with Crippen LogP contribution in [0.4, 0.5) is 5.69 Å². The molecule has 1 fully saturated rings. The van der Waals surface area contributed by atoms with Gasteiger partial charge in [-0.2, -0.15) is 0 Å². The lowest BCUT2D eigenvalue weighted by atomic mass is 10.1. The van der Waals surface area contributed by atoms with Gasteiger partial charge in [0.25, 0.3) is 0 Å². The van der Waals surface area contributed by atoms with Gasteiger partial charge >= 0.3 is 0 Å². The van der Waals surface area contributed by atoms with Gasteiger partial charge in [0.05, 0.1) is 0 Å². The number of piperazine rings is 1. The second-order valence-corrected chi connectivity index (χ2v) is 7.06. The van der Waals surface area contributed by atoms with E-state index < -0.39 is 0 Å². The molecule has 0 spiro atoms. The van der Waals surface area contributed by atoms with Gasteiger partial charge in [0, 0.05) is 49.2 Å². The van der Waals surface area contributed by atoms with Crippen molar-refractivity contribution in [3.05, 3.63) is 72.4 Å². The Hall–Kier alpha value is -2.79. The Kier molecular flexibility index (Phi) is 5.12. The number of anilines is 1. The number of nitrogens with one attached hydrogen (secondary N) is 1. The molecule has 2 aromatic carbocycles. The van der Waals surface area contributed by atoms with E-state index in [-0.39, 0.29) is 0 Å². The molecular formula is C22H23N3OS. The molecule has 0 saturated carbocycles. The highest BCUT2D eigenvalue weighted by Gasteiger charge is 2.20. The third kappa shape index (κ3) is 3.83. The van der Waals surface area contributed by atoms with E-state index in [2.05, 4.69) is 52.0 Å². The van der Waals surface area contributed by atoms with Gasteiger partial charge < -0.3 is 19.9 Å². The molecule has 27 heavy (non-hydrogen) atoms. The summed E-state index contributed by atoms with van der Waals surface area (Å²) in [6.07, 6.45) is 3.85. The van der Waals surface area contributed by atoms with Gasteiger partial charge in [-0.05, 0) is 36.0 Å². The SMILES string of the molecule is C=Cc1ccc(N2CCN(C(=S)N/C=C3/COc4ccccc43)CC2)cc1. The van der Waals surface area contributed by atoms with Crippen LogP contribution in [0.2, 0.25) is 0 Å². The third-order valence-electron chi connectivity index (χ3n) is 5.05. The summed E-state index contributed by atoms with van der Waals surface area (Å²) in [4.78, 5) is 4.62. The summed E-state index contributed by atoms with van der Waals surface area (Å²) < 4.78 is 5.69. The van der Waals surface area contributed by atoms with Crippen LogP contribution in [0.1, 0.15) is 11.1 Å². The number of para-hydroxylation sites is 1. The Morgan fingerprint density at radius 1 is 1.04 bits per heavy atom. The number of ether oxygens (including phenoxy) is 1. The molecule has 0 amide bonds. The monoisotopic (exact) mass is 377 g/mol. The van der Waals surface area contributed by atoms with Crippen LogP contribution < -0.4 is 15.0 Å². The first-order valence-electron chi connectivity index (χ1n) is 9.19. The number of hydrogen-bond acceptors (Lipinski definition) is 3. The van der Waals surface area contributed by atoms with Crippen LogP contribution in [-0.2, 0) is 0 Å². The first-order chi connectivity index (χ1) is 13.2. The Morgan fingerprint density at radius 3 is 2.52 bits per heavy atom. The molecule has 1 saturated heterocycles. The van der Waals surface area contributed by atoms with Crippen molar-refractivity contribution in [3.63, 3.8) is 0 Å². The standard InChI is InChI=1S/C22H23N3OS/c1-2-17-7-9-19(10-8-17)24-11-13-25(14-12-24)22(27)23-15-18-16-26-21-6-4-3-5-20(18)21/h2-10,15H,1,11-14,16H2,(H,23,27)/b18-15-. The molecule has 2 heterocycles. The molecule has 0 unspecified atom stereocenters. The molecule has 2 aromatic rings. The zero-order chi connectivity index (χ0) is 18.6. The van der Waals surface area contributed by atoms with Crippen molar-refractivity contribution in [1.29, 1.82) is 0 Å². The van der Waals surface area contributed by atoms with Crippen LogP contribution >= 0.6 is 12.2 Å². The van der Waals surface area contributed by atoms with Crippen molar-refractivity contribution in [2.75, 3.05) is 37.7 Å². The first-order valence-corrected chi connectivity index (χ1v) is 9.59. The van der Waals surface area contributed by atoms with Crippen LogP contribution in [-0.4, -0.2) is 42.8 Å². The Balaban J connectivity index is 1.32. The molecule has 0 radical (unpaired) electrons. The zero-order valence-electron chi connectivity index (χ0n) is 15.2. The van der Waals surface area contributed by atoms with Crippen LogP contribution in [0.15, 0.2) is 61.3 Å². The van der Waals surface area contributed by atoms with Crippen LogP contribution in [0.5, 0.6) is 5.75 Å². The van der Waals surface area contributed by atoms with Gasteiger partial charge in [0.2, 0.25) is 0 Å². The Labute approximate surface area is 165 Å². The highest BCUT2D eigenvalue weighted by atomic mass is 32.1. The van der Waals surface area contributed by atoms with Gasteiger partial charge in [-0.15, -0.1) is 0 Å². The summed E-state index contributed by atoms with van der Waals surface area (Å²) in [5, 5.41) is 4.06. The first kappa shape index (κ1) is 17.6. The molecule has 0 atom stereocenters. The van der Waals surface area contributed by atoms with Crippen molar-refractivity contribution in [1.82, 2.24) is 10.2 Å². The van der Waals surface area contributed by atoms with Crippen molar-refractivity contribution in [2.24, 2.45) is 0 Å². The zero-order valence-corrected chi connectivity index (χ0v) is 16.0. The van der Waals surface area contributed by atoms with Gasteiger partial charge in [0.1, 0.15) is 12.4 Å². The summed E-state index contributed by atoms with van der Waals surface area (Å²) >= 11 is 5.60. The van der Waals surface area contributed by atoms with Crippen molar-refractivity contribution >= 4 is 34.7 Å². The quantitative estimate of drug-likeness (QED) is 0.823. The van der Waals surface area contributed by atoms with E-state index in [0.717, 1.165) is 53.7 Å². The summed E-state index contributed by atoms with van der Waals surface area (Å²) in [5.41, 5.74) is 4.67. The highest BCUT2D eigenvalue weighted by Crippen LogP contribution is 2.32. The predicted molar refractivity (Wildman–Crippen MR) is 116 cm³/mol. The van der Waals surface area contributed by atoms with Crippen LogP contribution in [0.25, 0.3) is 11.6 Å². The number of thiocarbonyl (C=S) groups is 1. The van der Waals surface area contributed by atoms with Gasteiger partial charge in [-0.1, -0.05) is 43.0 Å². The van der Waals surface area contributed by atoms with Crippen molar-refractivity contribution in [3.8, 4) is 5.75 Å². The van der Waals surface area contributed by atoms with Crippen molar-refractivity contribution in [2.45, 2.75) is 0 Å². The largest absolute Gasteiger partial charge is 0.488 e. The van der Waals surface area contributed by atoms with E-state index in [0.29, 0.717) is 6.61 Å². The average molecular weight is 378 g/mol. The van der Waals surface area contributed by atoms with Crippen LogP contribution in [0, 0.1) is 0 Å². The lowest BCUT2D eigenvalue weighted by molar-refractivity contribution is 0.383. The van der Waals surface area contributed by atoms with E-state index in [4.69, 9.17) is 17.0 Å². The molecule has 2 aliphatic rings. The van der Waals surface area contributed by atoms with E-state index in [1.54, 1.807) is 0 Å². The molecular weight excluding hydrogens is 354 g/mol. The summed E-state index contributed by atoms with van der Waals surface area (Å²) in [6.45, 7) is 8.12. The minimum Gasteiger partial charge on any atom is -0.488 e. The molecule has 5 heteroatoms. The molecule has 0 aromatic heterocycles. The number of benzene rings is 2. The molecule has 1 N–H and O–H groups in total. The molecule has 4 nitrogen and oxygen atoms in total. The van der Waals surface area contributed by atoms with E-state index in [1.807, 2.05) is 30.5 Å². The average Bonchev–Trinajstić information content (AvgIpc) is 3.15. The topological polar surface area (TPSA) is 27.7 Å². The molecule has 4 rings (SSSR count).